The number of methoxy groups -OCH3 is 2. The SMILES string of the molecule is COc1ccc([C@@H]2CC(=O)C3=C(C2)Nc2[nH][nH]c(=O)c2[C@H]3c2cccnc2)cc1OC. The summed E-state index contributed by atoms with van der Waals surface area (Å²) in [7, 11) is 3.19. The zero-order valence-electron chi connectivity index (χ0n) is 17.2. The Hall–Kier alpha value is -3.81. The molecule has 0 saturated carbocycles. The number of rotatable bonds is 4. The van der Waals surface area contributed by atoms with E-state index in [1.807, 2.05) is 30.3 Å². The van der Waals surface area contributed by atoms with Gasteiger partial charge >= 0.3 is 0 Å². The summed E-state index contributed by atoms with van der Waals surface area (Å²) in [6, 6.07) is 9.47. The van der Waals surface area contributed by atoms with Gasteiger partial charge in [0, 0.05) is 36.0 Å². The molecule has 0 saturated heterocycles. The molecule has 1 aromatic carbocycles. The lowest BCUT2D eigenvalue weighted by Crippen LogP contribution is -2.31. The lowest BCUT2D eigenvalue weighted by molar-refractivity contribution is -0.116. The number of aromatic amines is 2. The van der Waals surface area contributed by atoms with Crippen molar-refractivity contribution in [3.63, 3.8) is 0 Å². The molecule has 1 aliphatic heterocycles. The van der Waals surface area contributed by atoms with Crippen LogP contribution in [0.15, 0.2) is 58.8 Å². The second-order valence-electron chi connectivity index (χ2n) is 7.75. The Balaban J connectivity index is 1.58. The highest BCUT2D eigenvalue weighted by Gasteiger charge is 2.40. The Morgan fingerprint density at radius 3 is 2.58 bits per heavy atom. The van der Waals surface area contributed by atoms with Gasteiger partial charge in [-0.25, -0.2) is 0 Å². The third kappa shape index (κ3) is 3.11. The highest BCUT2D eigenvalue weighted by Crippen LogP contribution is 2.46. The van der Waals surface area contributed by atoms with E-state index in [-0.39, 0.29) is 17.3 Å². The van der Waals surface area contributed by atoms with Gasteiger partial charge in [0.2, 0.25) is 0 Å². The first-order valence-electron chi connectivity index (χ1n) is 10.1. The maximum atomic E-state index is 13.4. The molecule has 2 aromatic heterocycles. The van der Waals surface area contributed by atoms with Crippen molar-refractivity contribution in [1.82, 2.24) is 15.2 Å². The van der Waals surface area contributed by atoms with Crippen molar-refractivity contribution in [2.24, 2.45) is 0 Å². The number of pyridine rings is 1. The van der Waals surface area contributed by atoms with Gasteiger partial charge < -0.3 is 14.8 Å². The maximum absolute atomic E-state index is 13.4. The van der Waals surface area contributed by atoms with Gasteiger partial charge in [-0.1, -0.05) is 12.1 Å². The number of H-pyrrole nitrogens is 2. The molecule has 0 unspecified atom stereocenters. The third-order valence-electron chi connectivity index (χ3n) is 6.07. The number of nitrogens with one attached hydrogen (secondary N) is 3. The van der Waals surface area contributed by atoms with Crippen LogP contribution in [0.2, 0.25) is 0 Å². The largest absolute Gasteiger partial charge is 0.493 e. The molecular formula is C23H22N4O4. The number of benzene rings is 1. The number of hydrogen-bond donors (Lipinski definition) is 3. The summed E-state index contributed by atoms with van der Waals surface area (Å²) in [5, 5.41) is 8.85. The van der Waals surface area contributed by atoms with Gasteiger partial charge in [0.05, 0.1) is 19.8 Å². The molecule has 8 nitrogen and oxygen atoms in total. The average Bonchev–Trinajstić information content (AvgIpc) is 3.17. The van der Waals surface area contributed by atoms with Crippen LogP contribution in [-0.2, 0) is 4.79 Å². The van der Waals surface area contributed by atoms with Gasteiger partial charge in [0.25, 0.3) is 5.56 Å². The van der Waals surface area contributed by atoms with E-state index >= 15 is 0 Å². The summed E-state index contributed by atoms with van der Waals surface area (Å²) in [6.45, 7) is 0. The first kappa shape index (κ1) is 19.2. The molecule has 0 amide bonds. The Morgan fingerprint density at radius 1 is 1.00 bits per heavy atom. The standard InChI is InChI=1S/C23H22N4O4/c1-30-17-6-5-12(10-18(17)31-2)14-8-15-20(16(28)9-14)19(13-4-3-7-24-11-13)21-22(25-15)26-27-23(21)29/h3-7,10-11,14,19H,8-9H2,1-2H3,(H3,25,26,27,29)/t14-,19-/m0/s1. The molecule has 1 aliphatic carbocycles. The number of carbonyl (C=O) groups excluding carboxylic acids is 1. The third-order valence-corrected chi connectivity index (χ3v) is 6.07. The van der Waals surface area contributed by atoms with Crippen molar-refractivity contribution in [3.05, 3.63) is 81.0 Å². The Morgan fingerprint density at radius 2 is 1.84 bits per heavy atom. The molecule has 2 aliphatic rings. The van der Waals surface area contributed by atoms with Crippen LogP contribution in [0.25, 0.3) is 0 Å². The van der Waals surface area contributed by atoms with Crippen molar-refractivity contribution in [2.45, 2.75) is 24.7 Å². The van der Waals surface area contributed by atoms with E-state index in [1.165, 1.54) is 0 Å². The van der Waals surface area contributed by atoms with E-state index in [2.05, 4.69) is 20.5 Å². The number of allylic oxidation sites excluding steroid dienone is 2. The van der Waals surface area contributed by atoms with Gasteiger partial charge in [-0.2, -0.15) is 0 Å². The molecule has 0 spiro atoms. The van der Waals surface area contributed by atoms with Crippen LogP contribution in [0.1, 0.15) is 41.4 Å². The average molecular weight is 418 g/mol. The number of fused-ring (bicyclic) bond motifs is 1. The summed E-state index contributed by atoms with van der Waals surface area (Å²) < 4.78 is 10.8. The maximum Gasteiger partial charge on any atom is 0.270 e. The van der Waals surface area contributed by atoms with Crippen molar-refractivity contribution in [3.8, 4) is 11.5 Å². The van der Waals surface area contributed by atoms with Gasteiger partial charge in [0.1, 0.15) is 5.82 Å². The number of anilines is 1. The molecule has 158 valence electrons. The Kier molecular flexibility index (Phi) is 4.62. The number of hydrogen-bond acceptors (Lipinski definition) is 6. The molecule has 2 atom stereocenters. The zero-order chi connectivity index (χ0) is 21.5. The minimum atomic E-state index is -0.450. The normalized spacial score (nSPS) is 20.0. The van der Waals surface area contributed by atoms with Crippen LogP contribution in [0.3, 0.4) is 0 Å². The number of Topliss-reactive ketones (excluding diaryl/α,β-unsaturated/α-hetero) is 1. The van der Waals surface area contributed by atoms with Gasteiger partial charge in [-0.05, 0) is 41.7 Å². The van der Waals surface area contributed by atoms with Gasteiger partial charge in [-0.15, -0.1) is 0 Å². The van der Waals surface area contributed by atoms with Crippen molar-refractivity contribution < 1.29 is 14.3 Å². The minimum absolute atomic E-state index is 0.0136. The topological polar surface area (TPSA) is 109 Å². The Labute approximate surface area is 178 Å². The number of ketones is 1. The smallest absolute Gasteiger partial charge is 0.270 e. The molecule has 3 heterocycles. The zero-order valence-corrected chi connectivity index (χ0v) is 17.2. The van der Waals surface area contributed by atoms with E-state index in [0.717, 1.165) is 16.8 Å². The first-order chi connectivity index (χ1) is 15.1. The predicted octanol–water partition coefficient (Wildman–Crippen LogP) is 3.07. The van der Waals surface area contributed by atoms with E-state index in [1.54, 1.807) is 26.6 Å². The molecule has 5 rings (SSSR count). The number of ether oxygens (including phenoxy) is 2. The van der Waals surface area contributed by atoms with Crippen LogP contribution < -0.4 is 20.3 Å². The van der Waals surface area contributed by atoms with Gasteiger partial charge in [0.15, 0.2) is 17.3 Å². The monoisotopic (exact) mass is 418 g/mol. The minimum Gasteiger partial charge on any atom is -0.493 e. The molecule has 0 bridgehead atoms. The first-order valence-corrected chi connectivity index (χ1v) is 10.1. The quantitative estimate of drug-likeness (QED) is 0.601. The second-order valence-corrected chi connectivity index (χ2v) is 7.75. The van der Waals surface area contributed by atoms with E-state index in [0.29, 0.717) is 41.3 Å². The van der Waals surface area contributed by atoms with Crippen LogP contribution in [0, 0.1) is 0 Å². The Bertz CT molecular complexity index is 1240. The molecule has 3 aromatic rings. The van der Waals surface area contributed by atoms with Crippen molar-refractivity contribution >= 4 is 11.6 Å². The van der Waals surface area contributed by atoms with E-state index in [9.17, 15) is 9.59 Å². The van der Waals surface area contributed by atoms with Crippen LogP contribution in [-0.4, -0.2) is 35.2 Å². The highest BCUT2D eigenvalue weighted by molar-refractivity contribution is 6.01. The molecule has 8 heteroatoms. The summed E-state index contributed by atoms with van der Waals surface area (Å²) in [6.07, 6.45) is 4.38. The number of aromatic nitrogens is 3. The fourth-order valence-corrected chi connectivity index (χ4v) is 4.64. The van der Waals surface area contributed by atoms with Crippen LogP contribution >= 0.6 is 0 Å². The number of nitrogens with zero attached hydrogens (tertiary/aromatic N) is 1. The summed E-state index contributed by atoms with van der Waals surface area (Å²) in [5.74, 6) is 1.44. The summed E-state index contributed by atoms with van der Waals surface area (Å²) in [5.41, 5.74) is 3.57. The molecule has 3 N–H and O–H groups in total. The summed E-state index contributed by atoms with van der Waals surface area (Å²) in [4.78, 5) is 30.2. The molecular weight excluding hydrogens is 396 g/mol. The fraction of sp³-hybridized carbons (Fsp3) is 0.261. The fourth-order valence-electron chi connectivity index (χ4n) is 4.64. The lowest BCUT2D eigenvalue weighted by Gasteiger charge is -2.34. The van der Waals surface area contributed by atoms with E-state index in [4.69, 9.17) is 9.47 Å². The van der Waals surface area contributed by atoms with Crippen molar-refractivity contribution in [2.75, 3.05) is 19.5 Å². The summed E-state index contributed by atoms with van der Waals surface area (Å²) >= 11 is 0. The molecule has 0 fully saturated rings. The van der Waals surface area contributed by atoms with E-state index < -0.39 is 5.92 Å². The van der Waals surface area contributed by atoms with Crippen LogP contribution in [0.5, 0.6) is 11.5 Å². The molecule has 0 radical (unpaired) electrons. The van der Waals surface area contributed by atoms with Crippen molar-refractivity contribution in [1.29, 1.82) is 0 Å². The lowest BCUT2D eigenvalue weighted by atomic mass is 9.73. The predicted molar refractivity (Wildman–Crippen MR) is 115 cm³/mol. The molecule has 31 heavy (non-hydrogen) atoms. The highest BCUT2D eigenvalue weighted by atomic mass is 16.5. The second kappa shape index (κ2) is 7.46. The number of carbonyl (C=O) groups is 1. The van der Waals surface area contributed by atoms with Crippen LogP contribution in [0.4, 0.5) is 5.82 Å². The van der Waals surface area contributed by atoms with Gasteiger partial charge in [-0.3, -0.25) is 24.8 Å².